The Morgan fingerprint density at radius 2 is 2.29 bits per heavy atom. The van der Waals surface area contributed by atoms with Crippen LogP contribution in [-0.4, -0.2) is 28.4 Å². The molecule has 1 aliphatic heterocycles. The molecule has 3 rings (SSSR count). The summed E-state index contributed by atoms with van der Waals surface area (Å²) < 4.78 is 14.6. The average Bonchev–Trinajstić information content (AvgIpc) is 2.77. The van der Waals surface area contributed by atoms with Gasteiger partial charge in [0.15, 0.2) is 4.77 Å². The minimum absolute atomic E-state index is 0.141. The fourth-order valence-corrected chi connectivity index (χ4v) is 3.12. The first-order valence-corrected chi connectivity index (χ1v) is 8.06. The zero-order valence-corrected chi connectivity index (χ0v) is 13.4. The van der Waals surface area contributed by atoms with Crippen molar-refractivity contribution in [2.24, 2.45) is 0 Å². The maximum atomic E-state index is 5.86. The molecule has 21 heavy (non-hydrogen) atoms. The third-order valence-corrected chi connectivity index (χ3v) is 4.12. The van der Waals surface area contributed by atoms with Gasteiger partial charge in [-0.2, -0.15) is 0 Å². The van der Waals surface area contributed by atoms with Crippen LogP contribution in [0.1, 0.15) is 33.1 Å². The van der Waals surface area contributed by atoms with Crippen LogP contribution in [0, 0.1) is 4.77 Å². The summed E-state index contributed by atoms with van der Waals surface area (Å²) in [4.78, 5) is 3.29. The van der Waals surface area contributed by atoms with E-state index in [1.807, 2.05) is 26.0 Å². The molecule has 1 saturated heterocycles. The lowest BCUT2D eigenvalue weighted by molar-refractivity contribution is 0.00641. The lowest BCUT2D eigenvalue weighted by Gasteiger charge is -2.23. The highest BCUT2D eigenvalue weighted by atomic mass is 32.1. The van der Waals surface area contributed by atoms with E-state index in [2.05, 4.69) is 15.6 Å². The molecule has 1 aromatic heterocycles. The molecule has 1 N–H and O–H groups in total. The number of nitrogens with one attached hydrogen (secondary N) is 1. The normalized spacial score (nSPS) is 19.3. The maximum absolute atomic E-state index is 5.86. The molecule has 0 spiro atoms. The number of rotatable bonds is 4. The minimum atomic E-state index is 0.141. The van der Waals surface area contributed by atoms with Crippen LogP contribution in [0.25, 0.3) is 11.0 Å². The number of benzene rings is 1. The molecule has 0 saturated carbocycles. The molecule has 0 amide bonds. The summed E-state index contributed by atoms with van der Waals surface area (Å²) in [5.74, 6) is 0.858. The Hall–Kier alpha value is -1.33. The van der Waals surface area contributed by atoms with Crippen molar-refractivity contribution in [2.75, 3.05) is 6.61 Å². The molecular weight excluding hydrogens is 284 g/mol. The first-order chi connectivity index (χ1) is 10.1. The number of para-hydroxylation sites is 1. The van der Waals surface area contributed by atoms with Crippen LogP contribution in [0.4, 0.5) is 0 Å². The van der Waals surface area contributed by atoms with Crippen LogP contribution < -0.4 is 4.74 Å². The summed E-state index contributed by atoms with van der Waals surface area (Å²) in [5.41, 5.74) is 2.07. The summed E-state index contributed by atoms with van der Waals surface area (Å²) in [6.45, 7) is 5.73. The van der Waals surface area contributed by atoms with Gasteiger partial charge in [0.2, 0.25) is 0 Å². The topological polar surface area (TPSA) is 39.2 Å². The molecular formula is C16H22N2O2S. The molecule has 1 unspecified atom stereocenters. The molecule has 2 aromatic rings. The number of nitrogens with zero attached hydrogens (tertiary/aromatic N) is 1. The number of imidazole rings is 1. The van der Waals surface area contributed by atoms with Gasteiger partial charge in [-0.1, -0.05) is 6.07 Å². The SMILES string of the molecule is CC(C)Oc1cccc2c1[nH]c(=S)n2CC1CCCCO1. The van der Waals surface area contributed by atoms with Gasteiger partial charge in [0.05, 0.1) is 24.3 Å². The summed E-state index contributed by atoms with van der Waals surface area (Å²) in [7, 11) is 0. The van der Waals surface area contributed by atoms with Crippen LogP contribution in [-0.2, 0) is 11.3 Å². The highest BCUT2D eigenvalue weighted by Crippen LogP contribution is 2.27. The highest BCUT2D eigenvalue weighted by molar-refractivity contribution is 7.71. The van der Waals surface area contributed by atoms with Crippen molar-refractivity contribution < 1.29 is 9.47 Å². The molecule has 1 atom stereocenters. The summed E-state index contributed by atoms with van der Waals surface area (Å²) in [5, 5.41) is 0. The predicted octanol–water partition coefficient (Wildman–Crippen LogP) is 4.06. The van der Waals surface area contributed by atoms with E-state index in [-0.39, 0.29) is 12.2 Å². The quantitative estimate of drug-likeness (QED) is 0.866. The maximum Gasteiger partial charge on any atom is 0.178 e. The molecule has 0 aliphatic carbocycles. The lowest BCUT2D eigenvalue weighted by atomic mass is 10.1. The van der Waals surface area contributed by atoms with Gasteiger partial charge in [0.1, 0.15) is 11.3 Å². The monoisotopic (exact) mass is 306 g/mol. The summed E-state index contributed by atoms with van der Waals surface area (Å²) >= 11 is 5.49. The van der Waals surface area contributed by atoms with Crippen LogP contribution in [0.15, 0.2) is 18.2 Å². The molecule has 0 bridgehead atoms. The Labute approximate surface area is 130 Å². The van der Waals surface area contributed by atoms with E-state index in [1.165, 1.54) is 12.8 Å². The van der Waals surface area contributed by atoms with E-state index in [0.717, 1.165) is 41.1 Å². The van der Waals surface area contributed by atoms with Crippen molar-refractivity contribution in [1.29, 1.82) is 0 Å². The Balaban J connectivity index is 1.95. The fourth-order valence-electron chi connectivity index (χ4n) is 2.84. The van der Waals surface area contributed by atoms with Gasteiger partial charge in [-0.25, -0.2) is 0 Å². The Kier molecular flexibility index (Phi) is 4.31. The number of aromatic nitrogens is 2. The molecule has 0 radical (unpaired) electrons. The van der Waals surface area contributed by atoms with Crippen molar-refractivity contribution in [3.05, 3.63) is 23.0 Å². The van der Waals surface area contributed by atoms with Crippen LogP contribution in [0.5, 0.6) is 5.75 Å². The molecule has 1 aromatic carbocycles. The molecule has 5 heteroatoms. The second-order valence-electron chi connectivity index (χ2n) is 5.85. The van der Waals surface area contributed by atoms with Crippen molar-refractivity contribution in [3.8, 4) is 5.75 Å². The number of hydrogen-bond donors (Lipinski definition) is 1. The number of aromatic amines is 1. The number of H-pyrrole nitrogens is 1. The third kappa shape index (κ3) is 3.14. The summed E-state index contributed by atoms with van der Waals surface area (Å²) in [6.07, 6.45) is 3.92. The first-order valence-electron chi connectivity index (χ1n) is 7.65. The Bertz CT molecular complexity index is 668. The zero-order chi connectivity index (χ0) is 14.8. The number of ether oxygens (including phenoxy) is 2. The molecule has 114 valence electrons. The lowest BCUT2D eigenvalue weighted by Crippen LogP contribution is -2.24. The van der Waals surface area contributed by atoms with Crippen molar-refractivity contribution in [1.82, 2.24) is 9.55 Å². The molecule has 2 heterocycles. The fraction of sp³-hybridized carbons (Fsp3) is 0.562. The van der Waals surface area contributed by atoms with Crippen molar-refractivity contribution in [2.45, 2.75) is 51.9 Å². The van der Waals surface area contributed by atoms with Gasteiger partial charge < -0.3 is 19.0 Å². The smallest absolute Gasteiger partial charge is 0.178 e. The zero-order valence-electron chi connectivity index (χ0n) is 12.6. The van der Waals surface area contributed by atoms with Crippen LogP contribution >= 0.6 is 12.2 Å². The molecule has 1 fully saturated rings. The van der Waals surface area contributed by atoms with Gasteiger partial charge in [-0.3, -0.25) is 0 Å². The number of hydrogen-bond acceptors (Lipinski definition) is 3. The second-order valence-corrected chi connectivity index (χ2v) is 6.23. The van der Waals surface area contributed by atoms with Crippen molar-refractivity contribution in [3.63, 3.8) is 0 Å². The minimum Gasteiger partial charge on any atom is -0.489 e. The van der Waals surface area contributed by atoms with E-state index in [1.54, 1.807) is 0 Å². The molecule has 1 aliphatic rings. The van der Waals surface area contributed by atoms with E-state index in [0.29, 0.717) is 0 Å². The van der Waals surface area contributed by atoms with E-state index >= 15 is 0 Å². The highest BCUT2D eigenvalue weighted by Gasteiger charge is 2.17. The van der Waals surface area contributed by atoms with Gasteiger partial charge in [-0.05, 0) is 57.5 Å². The average molecular weight is 306 g/mol. The second kappa shape index (κ2) is 6.20. The predicted molar refractivity (Wildman–Crippen MR) is 86.5 cm³/mol. The van der Waals surface area contributed by atoms with Crippen LogP contribution in [0.2, 0.25) is 0 Å². The third-order valence-electron chi connectivity index (χ3n) is 3.79. The van der Waals surface area contributed by atoms with Gasteiger partial charge in [-0.15, -0.1) is 0 Å². The summed E-state index contributed by atoms with van der Waals surface area (Å²) in [6, 6.07) is 6.08. The largest absolute Gasteiger partial charge is 0.489 e. The van der Waals surface area contributed by atoms with E-state index in [4.69, 9.17) is 21.7 Å². The van der Waals surface area contributed by atoms with Gasteiger partial charge in [0, 0.05) is 6.61 Å². The van der Waals surface area contributed by atoms with Gasteiger partial charge >= 0.3 is 0 Å². The first kappa shape index (κ1) is 14.6. The van der Waals surface area contributed by atoms with E-state index in [9.17, 15) is 0 Å². The Morgan fingerprint density at radius 1 is 1.43 bits per heavy atom. The standard InChI is InChI=1S/C16H22N2O2S/c1-11(2)20-14-8-5-7-13-15(14)17-16(21)18(13)10-12-6-3-4-9-19-12/h5,7-8,11-12H,3-4,6,9-10H2,1-2H3,(H,17,21). The number of fused-ring (bicyclic) bond motifs is 1. The van der Waals surface area contributed by atoms with E-state index < -0.39 is 0 Å². The molecule has 4 nitrogen and oxygen atoms in total. The Morgan fingerprint density at radius 3 is 3.00 bits per heavy atom. The van der Waals surface area contributed by atoms with Crippen LogP contribution in [0.3, 0.4) is 0 Å². The van der Waals surface area contributed by atoms with Gasteiger partial charge in [0.25, 0.3) is 0 Å². The van der Waals surface area contributed by atoms with Crippen molar-refractivity contribution >= 4 is 23.3 Å².